The molecule has 1 aromatic carbocycles. The van der Waals surface area contributed by atoms with Crippen LogP contribution >= 0.6 is 23.2 Å². The predicted molar refractivity (Wildman–Crippen MR) is 93.3 cm³/mol. The third kappa shape index (κ3) is 4.61. The van der Waals surface area contributed by atoms with Crippen LogP contribution in [0.25, 0.3) is 0 Å². The molecule has 1 aliphatic carbocycles. The van der Waals surface area contributed by atoms with Crippen LogP contribution in [-0.2, 0) is 6.42 Å². The van der Waals surface area contributed by atoms with E-state index in [0.29, 0.717) is 11.1 Å². The van der Waals surface area contributed by atoms with Gasteiger partial charge in [0, 0.05) is 16.1 Å². The topological polar surface area (TPSA) is 12.0 Å². The van der Waals surface area contributed by atoms with E-state index in [0.717, 1.165) is 29.2 Å². The smallest absolute Gasteiger partial charge is 0.0453 e. The Morgan fingerprint density at radius 1 is 1.10 bits per heavy atom. The lowest BCUT2D eigenvalue weighted by Crippen LogP contribution is -2.38. The van der Waals surface area contributed by atoms with Gasteiger partial charge in [0.15, 0.2) is 0 Å². The summed E-state index contributed by atoms with van der Waals surface area (Å²) in [6.45, 7) is 4.71. The summed E-state index contributed by atoms with van der Waals surface area (Å²) >= 11 is 12.3. The van der Waals surface area contributed by atoms with Gasteiger partial charge >= 0.3 is 0 Å². The van der Waals surface area contributed by atoms with Crippen LogP contribution in [0.4, 0.5) is 0 Å². The van der Waals surface area contributed by atoms with Crippen LogP contribution in [0, 0.1) is 17.8 Å². The number of hydrogen-bond donors (Lipinski definition) is 1. The minimum atomic E-state index is 0.511. The second-order valence-electron chi connectivity index (χ2n) is 6.75. The maximum absolute atomic E-state index is 6.32. The lowest BCUT2D eigenvalue weighted by molar-refractivity contribution is 0.191. The third-order valence-electron chi connectivity index (χ3n) is 5.15. The molecule has 0 spiro atoms. The van der Waals surface area contributed by atoms with Gasteiger partial charge in [-0.3, -0.25) is 0 Å². The maximum Gasteiger partial charge on any atom is 0.0453 e. The molecular weight excluding hydrogens is 301 g/mol. The molecule has 1 aromatic rings. The largest absolute Gasteiger partial charge is 0.316 e. The number of nitrogens with one attached hydrogen (secondary N) is 1. The number of halogens is 2. The van der Waals surface area contributed by atoms with Crippen molar-refractivity contribution < 1.29 is 0 Å². The summed E-state index contributed by atoms with van der Waals surface area (Å²) in [5.41, 5.74) is 1.20. The zero-order valence-electron chi connectivity index (χ0n) is 13.3. The standard InChI is InChI=1S/C18H27Cl2N/c1-12(2)13-4-6-14(7-5-13)18(21-3)10-15-8-9-16(19)11-17(15)20/h8-9,11-14,18,21H,4-7,10H2,1-3H3. The van der Waals surface area contributed by atoms with Crippen molar-refractivity contribution in [3.8, 4) is 0 Å². The first-order valence-corrected chi connectivity index (χ1v) is 8.88. The number of likely N-dealkylation sites (N-methyl/N-ethyl adjacent to an activating group) is 1. The van der Waals surface area contributed by atoms with Crippen LogP contribution in [-0.4, -0.2) is 13.1 Å². The van der Waals surface area contributed by atoms with E-state index in [1.54, 1.807) is 0 Å². The highest BCUT2D eigenvalue weighted by molar-refractivity contribution is 6.35. The highest BCUT2D eigenvalue weighted by Gasteiger charge is 2.28. The molecule has 1 aliphatic rings. The Balaban J connectivity index is 1.97. The van der Waals surface area contributed by atoms with Gasteiger partial charge in [-0.2, -0.15) is 0 Å². The fraction of sp³-hybridized carbons (Fsp3) is 0.667. The van der Waals surface area contributed by atoms with E-state index >= 15 is 0 Å². The van der Waals surface area contributed by atoms with Crippen LogP contribution in [0.2, 0.25) is 10.0 Å². The summed E-state index contributed by atoms with van der Waals surface area (Å²) in [7, 11) is 2.07. The molecule has 1 unspecified atom stereocenters. The Labute approximate surface area is 139 Å². The molecule has 0 heterocycles. The molecule has 1 saturated carbocycles. The Morgan fingerprint density at radius 3 is 2.24 bits per heavy atom. The summed E-state index contributed by atoms with van der Waals surface area (Å²) in [5.74, 6) is 2.50. The second-order valence-corrected chi connectivity index (χ2v) is 7.60. The summed E-state index contributed by atoms with van der Waals surface area (Å²) in [4.78, 5) is 0. The molecule has 1 atom stereocenters. The predicted octanol–water partition coefficient (Wildman–Crippen LogP) is 5.59. The molecule has 0 saturated heterocycles. The Bertz CT molecular complexity index is 451. The number of benzene rings is 1. The zero-order chi connectivity index (χ0) is 15.4. The van der Waals surface area contributed by atoms with Crippen molar-refractivity contribution in [2.45, 2.75) is 52.0 Å². The van der Waals surface area contributed by atoms with Crippen molar-refractivity contribution >= 4 is 23.2 Å². The number of hydrogen-bond acceptors (Lipinski definition) is 1. The van der Waals surface area contributed by atoms with E-state index in [1.807, 2.05) is 12.1 Å². The van der Waals surface area contributed by atoms with Crippen molar-refractivity contribution in [3.63, 3.8) is 0 Å². The van der Waals surface area contributed by atoms with E-state index in [4.69, 9.17) is 23.2 Å². The SMILES string of the molecule is CNC(Cc1ccc(Cl)cc1Cl)C1CCC(C(C)C)CC1. The molecule has 0 amide bonds. The molecule has 1 fully saturated rings. The molecule has 1 nitrogen and oxygen atoms in total. The minimum Gasteiger partial charge on any atom is -0.316 e. The van der Waals surface area contributed by atoms with Gasteiger partial charge in [0.2, 0.25) is 0 Å². The van der Waals surface area contributed by atoms with Crippen LogP contribution in [0.3, 0.4) is 0 Å². The Kier molecular flexibility index (Phi) is 6.40. The molecule has 0 aliphatic heterocycles. The molecular formula is C18H27Cl2N. The molecule has 0 aromatic heterocycles. The van der Waals surface area contributed by atoms with Crippen LogP contribution in [0.5, 0.6) is 0 Å². The summed E-state index contributed by atoms with van der Waals surface area (Å²) in [5, 5.41) is 5.02. The van der Waals surface area contributed by atoms with E-state index in [2.05, 4.69) is 32.3 Å². The van der Waals surface area contributed by atoms with Crippen molar-refractivity contribution in [1.82, 2.24) is 5.32 Å². The number of rotatable bonds is 5. The first kappa shape index (κ1) is 17.1. The molecule has 21 heavy (non-hydrogen) atoms. The Morgan fingerprint density at radius 2 is 1.71 bits per heavy atom. The second kappa shape index (κ2) is 7.85. The fourth-order valence-electron chi connectivity index (χ4n) is 3.64. The first-order valence-electron chi connectivity index (χ1n) is 8.12. The average molecular weight is 328 g/mol. The van der Waals surface area contributed by atoms with Gasteiger partial charge in [-0.15, -0.1) is 0 Å². The van der Waals surface area contributed by atoms with Crippen LogP contribution in [0.1, 0.15) is 45.1 Å². The minimum absolute atomic E-state index is 0.511. The molecule has 118 valence electrons. The highest BCUT2D eigenvalue weighted by atomic mass is 35.5. The van der Waals surface area contributed by atoms with Gasteiger partial charge in [0.05, 0.1) is 0 Å². The Hall–Kier alpha value is -0.240. The van der Waals surface area contributed by atoms with E-state index < -0.39 is 0 Å². The quantitative estimate of drug-likeness (QED) is 0.743. The molecule has 0 radical (unpaired) electrons. The lowest BCUT2D eigenvalue weighted by atomic mass is 9.73. The van der Waals surface area contributed by atoms with Gasteiger partial charge in [0.1, 0.15) is 0 Å². The maximum atomic E-state index is 6.32. The van der Waals surface area contributed by atoms with Crippen molar-refractivity contribution in [1.29, 1.82) is 0 Å². The summed E-state index contributed by atoms with van der Waals surface area (Å²) in [6.07, 6.45) is 6.40. The van der Waals surface area contributed by atoms with Crippen molar-refractivity contribution in [2.75, 3.05) is 7.05 Å². The van der Waals surface area contributed by atoms with Crippen LogP contribution in [0.15, 0.2) is 18.2 Å². The van der Waals surface area contributed by atoms with Crippen molar-refractivity contribution in [2.24, 2.45) is 17.8 Å². The monoisotopic (exact) mass is 327 g/mol. The molecule has 1 N–H and O–H groups in total. The highest BCUT2D eigenvalue weighted by Crippen LogP contribution is 2.36. The summed E-state index contributed by atoms with van der Waals surface area (Å²) < 4.78 is 0. The van der Waals surface area contributed by atoms with Gasteiger partial charge in [0.25, 0.3) is 0 Å². The molecule has 3 heteroatoms. The van der Waals surface area contributed by atoms with Gasteiger partial charge < -0.3 is 5.32 Å². The average Bonchev–Trinajstić information content (AvgIpc) is 2.47. The van der Waals surface area contributed by atoms with E-state index in [1.165, 1.54) is 31.2 Å². The van der Waals surface area contributed by atoms with Gasteiger partial charge in [-0.1, -0.05) is 43.1 Å². The van der Waals surface area contributed by atoms with Gasteiger partial charge in [-0.25, -0.2) is 0 Å². The van der Waals surface area contributed by atoms with E-state index in [9.17, 15) is 0 Å². The molecule has 2 rings (SSSR count). The van der Waals surface area contributed by atoms with Crippen molar-refractivity contribution in [3.05, 3.63) is 33.8 Å². The third-order valence-corrected chi connectivity index (χ3v) is 5.74. The normalized spacial score (nSPS) is 24.3. The van der Waals surface area contributed by atoms with E-state index in [-0.39, 0.29) is 0 Å². The molecule has 0 bridgehead atoms. The lowest BCUT2D eigenvalue weighted by Gasteiger charge is -2.35. The first-order chi connectivity index (χ1) is 10.0. The summed E-state index contributed by atoms with van der Waals surface area (Å²) in [6, 6.07) is 6.36. The fourth-order valence-corrected chi connectivity index (χ4v) is 4.13. The van der Waals surface area contributed by atoms with Crippen LogP contribution < -0.4 is 5.32 Å². The van der Waals surface area contributed by atoms with Gasteiger partial charge in [-0.05, 0) is 74.6 Å². The zero-order valence-corrected chi connectivity index (χ0v) is 14.8.